The monoisotopic (exact) mass is 310 g/mol. The summed E-state index contributed by atoms with van der Waals surface area (Å²) < 4.78 is 5.66. The number of rotatable bonds is 8. The zero-order valence-corrected chi connectivity index (χ0v) is 13.4. The number of benzene rings is 1. The minimum Gasteiger partial charge on any atom is -0.489 e. The molecule has 0 saturated carbocycles. The lowest BCUT2D eigenvalue weighted by atomic mass is 10.1. The number of hydrogen-bond donors (Lipinski definition) is 0. The van der Waals surface area contributed by atoms with Crippen LogP contribution in [0.4, 0.5) is 0 Å². The van der Waals surface area contributed by atoms with Crippen molar-refractivity contribution in [1.29, 1.82) is 0 Å². The molecule has 4 nitrogen and oxygen atoms in total. The molecular formula is C19H22N2O2. The first-order valence-corrected chi connectivity index (χ1v) is 7.74. The van der Waals surface area contributed by atoms with Crippen LogP contribution >= 0.6 is 0 Å². The van der Waals surface area contributed by atoms with E-state index < -0.39 is 0 Å². The van der Waals surface area contributed by atoms with Gasteiger partial charge in [0, 0.05) is 30.5 Å². The van der Waals surface area contributed by atoms with E-state index in [1.54, 1.807) is 12.3 Å². The van der Waals surface area contributed by atoms with Crippen LogP contribution in [0.3, 0.4) is 0 Å². The summed E-state index contributed by atoms with van der Waals surface area (Å²) in [5, 5.41) is 0. The van der Waals surface area contributed by atoms with Gasteiger partial charge >= 0.3 is 0 Å². The lowest BCUT2D eigenvalue weighted by Gasteiger charge is -2.22. The highest BCUT2D eigenvalue weighted by atomic mass is 16.5. The number of amides is 1. The normalized spacial score (nSPS) is 10.1. The molecule has 0 aliphatic carbocycles. The van der Waals surface area contributed by atoms with Gasteiger partial charge in [-0.05, 0) is 25.1 Å². The van der Waals surface area contributed by atoms with Gasteiger partial charge in [0.1, 0.15) is 12.4 Å². The molecule has 0 N–H and O–H groups in total. The molecule has 0 radical (unpaired) electrons. The number of carbonyl (C=O) groups is 1. The lowest BCUT2D eigenvalue weighted by Crippen LogP contribution is -2.32. The summed E-state index contributed by atoms with van der Waals surface area (Å²) in [6, 6.07) is 13.4. The van der Waals surface area contributed by atoms with E-state index in [2.05, 4.69) is 11.6 Å². The number of nitrogens with zero attached hydrogens (tertiary/aromatic N) is 2. The maximum absolute atomic E-state index is 12.5. The van der Waals surface area contributed by atoms with Crippen molar-refractivity contribution >= 4 is 5.91 Å². The van der Waals surface area contributed by atoms with E-state index >= 15 is 0 Å². The molecule has 0 aliphatic rings. The van der Waals surface area contributed by atoms with Crippen LogP contribution < -0.4 is 4.74 Å². The number of ether oxygens (including phenoxy) is 1. The fourth-order valence-electron chi connectivity index (χ4n) is 2.28. The highest BCUT2D eigenvalue weighted by Gasteiger charge is 2.15. The summed E-state index contributed by atoms with van der Waals surface area (Å²) >= 11 is 0. The third kappa shape index (κ3) is 4.95. The molecule has 23 heavy (non-hydrogen) atoms. The van der Waals surface area contributed by atoms with E-state index in [1.807, 2.05) is 54.3 Å². The second kappa shape index (κ2) is 8.73. The molecule has 0 atom stereocenters. The Hall–Kier alpha value is -2.62. The van der Waals surface area contributed by atoms with Gasteiger partial charge in [0.05, 0.1) is 6.42 Å². The molecule has 4 heteroatoms. The van der Waals surface area contributed by atoms with Crippen molar-refractivity contribution in [3.63, 3.8) is 0 Å². The SMILES string of the molecule is C=CCOc1ccccc1CN(CC)C(=O)Cc1ccccn1. The summed E-state index contributed by atoms with van der Waals surface area (Å²) in [6.45, 7) is 7.25. The van der Waals surface area contributed by atoms with Gasteiger partial charge in [-0.3, -0.25) is 9.78 Å². The zero-order chi connectivity index (χ0) is 16.5. The van der Waals surface area contributed by atoms with Crippen molar-refractivity contribution in [1.82, 2.24) is 9.88 Å². The quantitative estimate of drug-likeness (QED) is 0.703. The Morgan fingerprint density at radius 3 is 2.74 bits per heavy atom. The average Bonchev–Trinajstić information content (AvgIpc) is 2.59. The molecule has 2 rings (SSSR count). The largest absolute Gasteiger partial charge is 0.489 e. The van der Waals surface area contributed by atoms with Gasteiger partial charge < -0.3 is 9.64 Å². The Balaban J connectivity index is 2.07. The Morgan fingerprint density at radius 2 is 2.04 bits per heavy atom. The first-order chi connectivity index (χ1) is 11.2. The number of para-hydroxylation sites is 1. The summed E-state index contributed by atoms with van der Waals surface area (Å²) in [6.07, 6.45) is 3.72. The summed E-state index contributed by atoms with van der Waals surface area (Å²) in [5.74, 6) is 0.848. The highest BCUT2D eigenvalue weighted by Crippen LogP contribution is 2.20. The third-order valence-corrected chi connectivity index (χ3v) is 3.48. The summed E-state index contributed by atoms with van der Waals surface area (Å²) in [5.41, 5.74) is 1.78. The predicted molar refractivity (Wildman–Crippen MR) is 91.2 cm³/mol. The van der Waals surface area contributed by atoms with Gasteiger partial charge in [0.2, 0.25) is 5.91 Å². The van der Waals surface area contributed by atoms with Crippen LogP contribution in [0.2, 0.25) is 0 Å². The fourth-order valence-corrected chi connectivity index (χ4v) is 2.28. The van der Waals surface area contributed by atoms with Crippen molar-refractivity contribution in [3.8, 4) is 5.75 Å². The molecule has 0 saturated heterocycles. The molecule has 1 aromatic heterocycles. The van der Waals surface area contributed by atoms with Gasteiger partial charge in [-0.2, -0.15) is 0 Å². The molecule has 0 aliphatic heterocycles. The highest BCUT2D eigenvalue weighted by molar-refractivity contribution is 5.78. The van der Waals surface area contributed by atoms with Crippen LogP contribution in [0.25, 0.3) is 0 Å². The number of carbonyl (C=O) groups excluding carboxylic acids is 1. The maximum atomic E-state index is 12.5. The van der Waals surface area contributed by atoms with Crippen molar-refractivity contribution in [2.45, 2.75) is 19.9 Å². The fraction of sp³-hybridized carbons (Fsp3) is 0.263. The second-order valence-corrected chi connectivity index (χ2v) is 5.11. The van der Waals surface area contributed by atoms with Crippen molar-refractivity contribution in [2.24, 2.45) is 0 Å². The van der Waals surface area contributed by atoms with E-state index in [1.165, 1.54) is 0 Å². The van der Waals surface area contributed by atoms with Crippen molar-refractivity contribution < 1.29 is 9.53 Å². The molecule has 0 bridgehead atoms. The van der Waals surface area contributed by atoms with Gasteiger partial charge in [-0.1, -0.05) is 36.9 Å². The van der Waals surface area contributed by atoms with Crippen molar-refractivity contribution in [3.05, 3.63) is 72.6 Å². The molecule has 0 spiro atoms. The van der Waals surface area contributed by atoms with Crippen LogP contribution in [0, 0.1) is 0 Å². The van der Waals surface area contributed by atoms with Gasteiger partial charge in [0.25, 0.3) is 0 Å². The number of hydrogen-bond acceptors (Lipinski definition) is 3. The number of aromatic nitrogens is 1. The molecule has 120 valence electrons. The van der Waals surface area contributed by atoms with E-state index in [0.717, 1.165) is 17.0 Å². The number of pyridine rings is 1. The van der Waals surface area contributed by atoms with Crippen LogP contribution in [0.15, 0.2) is 61.3 Å². The Kier molecular flexibility index (Phi) is 6.36. The van der Waals surface area contributed by atoms with Crippen molar-refractivity contribution in [2.75, 3.05) is 13.2 Å². The Bertz CT molecular complexity index is 641. The topological polar surface area (TPSA) is 42.4 Å². The lowest BCUT2D eigenvalue weighted by molar-refractivity contribution is -0.130. The molecule has 1 heterocycles. The van der Waals surface area contributed by atoms with Gasteiger partial charge in [-0.15, -0.1) is 0 Å². The molecule has 1 aromatic carbocycles. The Labute approximate surface area is 137 Å². The Morgan fingerprint density at radius 1 is 1.26 bits per heavy atom. The molecule has 1 amide bonds. The number of likely N-dealkylation sites (N-methyl/N-ethyl adjacent to an activating group) is 1. The van der Waals surface area contributed by atoms with E-state index in [9.17, 15) is 4.79 Å². The zero-order valence-electron chi connectivity index (χ0n) is 13.4. The maximum Gasteiger partial charge on any atom is 0.228 e. The molecule has 0 unspecified atom stereocenters. The smallest absolute Gasteiger partial charge is 0.228 e. The van der Waals surface area contributed by atoms with Gasteiger partial charge in [0.15, 0.2) is 0 Å². The van der Waals surface area contributed by atoms with E-state index in [4.69, 9.17) is 4.74 Å². The standard InChI is InChI=1S/C19H22N2O2/c1-3-13-23-18-11-6-5-9-16(18)15-21(4-2)19(22)14-17-10-7-8-12-20-17/h3,5-12H,1,4,13-15H2,2H3. The van der Waals surface area contributed by atoms with E-state index in [0.29, 0.717) is 26.1 Å². The molecule has 2 aromatic rings. The minimum absolute atomic E-state index is 0.0599. The van der Waals surface area contributed by atoms with Crippen LogP contribution in [0.5, 0.6) is 5.75 Å². The predicted octanol–water partition coefficient (Wildman–Crippen LogP) is 3.24. The minimum atomic E-state index is 0.0599. The average molecular weight is 310 g/mol. The third-order valence-electron chi connectivity index (χ3n) is 3.48. The van der Waals surface area contributed by atoms with Crippen LogP contribution in [-0.4, -0.2) is 28.9 Å². The first kappa shape index (κ1) is 16.7. The first-order valence-electron chi connectivity index (χ1n) is 7.74. The summed E-state index contributed by atoms with van der Waals surface area (Å²) in [7, 11) is 0. The summed E-state index contributed by atoms with van der Waals surface area (Å²) in [4.78, 5) is 18.5. The van der Waals surface area contributed by atoms with E-state index in [-0.39, 0.29) is 5.91 Å². The molecule has 0 fully saturated rings. The second-order valence-electron chi connectivity index (χ2n) is 5.11. The molecular weight excluding hydrogens is 288 g/mol. The van der Waals surface area contributed by atoms with Crippen LogP contribution in [0.1, 0.15) is 18.2 Å². The van der Waals surface area contributed by atoms with Gasteiger partial charge in [-0.25, -0.2) is 0 Å². The van der Waals surface area contributed by atoms with Crippen LogP contribution in [-0.2, 0) is 17.8 Å².